The summed E-state index contributed by atoms with van der Waals surface area (Å²) in [6, 6.07) is 29.5. The lowest BCUT2D eigenvalue weighted by molar-refractivity contribution is -0.179. The number of phenolic OH excluding ortho intramolecular Hbond substituents is 1. The molecule has 4 aliphatic rings. The Labute approximate surface area is 421 Å². The quantitative estimate of drug-likeness (QED) is 0.0491. The largest absolute Gasteiger partial charge is 0.508 e. The van der Waals surface area contributed by atoms with Gasteiger partial charge in [0.2, 0.25) is 11.8 Å². The fourth-order valence-corrected chi connectivity index (χ4v) is 10.9. The first-order valence-corrected chi connectivity index (χ1v) is 23.6. The molecule has 17 heteroatoms. The number of morpholine rings is 1. The lowest BCUT2D eigenvalue weighted by Gasteiger charge is -2.46. The number of rotatable bonds is 12. The molecule has 0 aromatic heterocycles. The monoisotopic (exact) mass is 991 g/mol. The number of carbonyl (C=O) groups excluding carboxylic acids is 6. The van der Waals surface area contributed by atoms with Crippen molar-refractivity contribution in [3.63, 3.8) is 0 Å². The van der Waals surface area contributed by atoms with Crippen molar-refractivity contribution in [1.82, 2.24) is 9.80 Å². The molecule has 376 valence electrons. The van der Waals surface area contributed by atoms with Crippen LogP contribution in [0.3, 0.4) is 0 Å². The lowest BCUT2D eigenvalue weighted by Crippen LogP contribution is -2.57. The van der Waals surface area contributed by atoms with Crippen LogP contribution in [0, 0.1) is 23.7 Å². The molecular formula is C56H53N3O14. The first-order valence-electron chi connectivity index (χ1n) is 23.6. The van der Waals surface area contributed by atoms with E-state index in [0.29, 0.717) is 34.6 Å². The van der Waals surface area contributed by atoms with Gasteiger partial charge in [-0.15, -0.1) is 0 Å². The molecular weight excluding hydrogens is 939 g/mol. The molecule has 0 bridgehead atoms. The molecule has 6 atom stereocenters. The molecule has 5 aromatic carbocycles. The normalized spacial score (nSPS) is 21.8. The van der Waals surface area contributed by atoms with E-state index < -0.39 is 77.3 Å². The Bertz CT molecular complexity index is 2990. The number of benzene rings is 5. The third-order valence-corrected chi connectivity index (χ3v) is 14.2. The molecule has 0 saturated carbocycles. The van der Waals surface area contributed by atoms with E-state index >= 15 is 14.4 Å². The van der Waals surface area contributed by atoms with Crippen molar-refractivity contribution in [2.75, 3.05) is 60.2 Å². The van der Waals surface area contributed by atoms with Crippen molar-refractivity contribution in [2.24, 2.45) is 11.8 Å². The second-order valence-electron chi connectivity index (χ2n) is 17.9. The predicted octanol–water partition coefficient (Wildman–Crippen LogP) is 6.15. The fraction of sp³-hybridized carbons (Fsp3) is 0.321. The summed E-state index contributed by atoms with van der Waals surface area (Å²) in [5.74, 6) is -0.133. The Kier molecular flexibility index (Phi) is 14.2. The van der Waals surface area contributed by atoms with Gasteiger partial charge in [0.25, 0.3) is 0 Å². The molecule has 4 heterocycles. The molecule has 0 unspecified atom stereocenters. The number of hydrogen-bond donors (Lipinski definition) is 1. The molecule has 3 amide bonds. The zero-order valence-electron chi connectivity index (χ0n) is 40.8. The van der Waals surface area contributed by atoms with Crippen LogP contribution in [0.25, 0.3) is 0 Å². The van der Waals surface area contributed by atoms with Crippen LogP contribution >= 0.6 is 0 Å². The van der Waals surface area contributed by atoms with Crippen LogP contribution in [-0.2, 0) is 66.0 Å². The van der Waals surface area contributed by atoms with Crippen molar-refractivity contribution in [3.05, 3.63) is 154 Å². The summed E-state index contributed by atoms with van der Waals surface area (Å²) in [6.45, 7) is 0.00133. The number of aromatic hydroxyl groups is 1. The molecule has 17 nitrogen and oxygen atoms in total. The van der Waals surface area contributed by atoms with E-state index in [2.05, 4.69) is 11.8 Å². The predicted molar refractivity (Wildman–Crippen MR) is 261 cm³/mol. The molecule has 2 fully saturated rings. The molecule has 73 heavy (non-hydrogen) atoms. The van der Waals surface area contributed by atoms with E-state index in [0.717, 1.165) is 30.2 Å². The molecule has 9 rings (SSSR count). The maximum absolute atomic E-state index is 16.6. The third kappa shape index (κ3) is 8.76. The highest BCUT2D eigenvalue weighted by molar-refractivity contribution is 6.23. The van der Waals surface area contributed by atoms with Crippen LogP contribution in [0.15, 0.2) is 115 Å². The number of hydrogen-bond acceptors (Lipinski definition) is 15. The lowest BCUT2D eigenvalue weighted by atomic mass is 9.64. The SMILES string of the molecule is COCCOC(=O)N1C(=O)[C@@]2(c3cc(C#CCC(C(=O)OC)C(=O)OC)ccc31)[C@H](C(=O)N1CCc3cc(OC)c(OC)cc3C1)[C@H]1C(=O)O[C@H](c3ccccc3)[C@H](c3ccccc3)N1[C@@H]2c1ccc(O)cc1. The number of anilines is 1. The minimum absolute atomic E-state index is 0.00407. The first kappa shape index (κ1) is 49.8. The zero-order valence-corrected chi connectivity index (χ0v) is 40.8. The highest BCUT2D eigenvalue weighted by Crippen LogP contribution is 2.66. The van der Waals surface area contributed by atoms with Gasteiger partial charge in [-0.1, -0.05) is 84.6 Å². The van der Waals surface area contributed by atoms with Crippen molar-refractivity contribution in [3.8, 4) is 29.1 Å². The Morgan fingerprint density at radius 2 is 1.40 bits per heavy atom. The molecule has 1 N–H and O–H groups in total. The van der Waals surface area contributed by atoms with Crippen LogP contribution < -0.4 is 14.4 Å². The molecule has 0 radical (unpaired) electrons. The van der Waals surface area contributed by atoms with Crippen molar-refractivity contribution < 1.29 is 67.0 Å². The average Bonchev–Trinajstić information content (AvgIpc) is 3.88. The van der Waals surface area contributed by atoms with E-state index in [4.69, 9.17) is 33.2 Å². The van der Waals surface area contributed by atoms with Crippen molar-refractivity contribution in [2.45, 2.75) is 49.0 Å². The third-order valence-electron chi connectivity index (χ3n) is 14.2. The molecule has 0 aliphatic carbocycles. The average molecular weight is 992 g/mol. The standard InChI is InChI=1S/C56H53N3O14/c1-67-27-28-72-55(66)58-42-24-19-33(13-12-18-40(51(62)70-4)52(63)71-5)29-41(42)56(54(58)65)45(50(61)57-26-25-37-30-43(68-2)44(69-3)31-38(37)32-57)47-53(64)73-48(35-16-10-7-11-17-35)46(34-14-8-6-9-15-34)59(47)49(56)36-20-22-39(60)23-21-36/h6-11,14-17,19-24,29-31,40,45-49,60H,18,25-28,32H2,1-5H3/t45-,46-,47-,48+,49+,56-/m0/s1. The number of imide groups is 1. The van der Waals surface area contributed by atoms with Crippen LogP contribution in [0.5, 0.6) is 17.2 Å². The number of carbonyl (C=O) groups is 6. The van der Waals surface area contributed by atoms with Crippen LogP contribution in [-0.4, -0.2) is 112 Å². The summed E-state index contributed by atoms with van der Waals surface area (Å²) in [7, 11) is 6.77. The number of esters is 3. The maximum Gasteiger partial charge on any atom is 0.421 e. The van der Waals surface area contributed by atoms with Gasteiger partial charge < -0.3 is 43.2 Å². The summed E-state index contributed by atoms with van der Waals surface area (Å²) in [4.78, 5) is 92.9. The highest BCUT2D eigenvalue weighted by Gasteiger charge is 2.76. The number of fused-ring (bicyclic) bond motifs is 4. The number of amides is 3. The topological polar surface area (TPSA) is 197 Å². The van der Waals surface area contributed by atoms with E-state index in [1.165, 1.54) is 32.4 Å². The summed E-state index contributed by atoms with van der Waals surface area (Å²) >= 11 is 0. The molecule has 4 aliphatic heterocycles. The van der Waals surface area contributed by atoms with E-state index in [9.17, 15) is 19.5 Å². The van der Waals surface area contributed by atoms with Gasteiger partial charge in [-0.3, -0.25) is 28.9 Å². The smallest absolute Gasteiger partial charge is 0.421 e. The van der Waals surface area contributed by atoms with Gasteiger partial charge in [0.1, 0.15) is 29.9 Å². The van der Waals surface area contributed by atoms with Gasteiger partial charge >= 0.3 is 24.0 Å². The summed E-state index contributed by atoms with van der Waals surface area (Å²) in [5.41, 5.74) is 1.76. The van der Waals surface area contributed by atoms with Gasteiger partial charge in [-0.05, 0) is 82.3 Å². The van der Waals surface area contributed by atoms with Crippen LogP contribution in [0.2, 0.25) is 0 Å². The second kappa shape index (κ2) is 20.9. The minimum atomic E-state index is -2.16. The van der Waals surface area contributed by atoms with Crippen LogP contribution in [0.1, 0.15) is 63.6 Å². The number of methoxy groups -OCH3 is 5. The summed E-state index contributed by atoms with van der Waals surface area (Å²) in [5, 5.41) is 10.8. The highest BCUT2D eigenvalue weighted by atomic mass is 16.6. The molecule has 1 spiro atoms. The minimum Gasteiger partial charge on any atom is -0.508 e. The van der Waals surface area contributed by atoms with Crippen molar-refractivity contribution in [1.29, 1.82) is 0 Å². The Hall–Kier alpha value is -8.20. The Balaban J connectivity index is 1.33. The van der Waals surface area contributed by atoms with Gasteiger partial charge in [0.15, 0.2) is 17.4 Å². The number of phenols is 1. The Morgan fingerprint density at radius 1 is 0.753 bits per heavy atom. The molecule has 2 saturated heterocycles. The van der Waals surface area contributed by atoms with Crippen molar-refractivity contribution >= 4 is 41.5 Å². The summed E-state index contributed by atoms with van der Waals surface area (Å²) in [6.07, 6.45) is -1.96. The maximum atomic E-state index is 16.6. The summed E-state index contributed by atoms with van der Waals surface area (Å²) < 4.78 is 38.5. The first-order chi connectivity index (χ1) is 35.4. The van der Waals surface area contributed by atoms with Crippen LogP contribution in [0.4, 0.5) is 10.5 Å². The van der Waals surface area contributed by atoms with E-state index in [-0.39, 0.29) is 55.3 Å². The second-order valence-corrected chi connectivity index (χ2v) is 17.9. The number of nitrogens with zero attached hydrogens (tertiary/aromatic N) is 3. The fourth-order valence-electron chi connectivity index (χ4n) is 10.9. The number of cyclic esters (lactones) is 1. The van der Waals surface area contributed by atoms with Gasteiger partial charge in [0, 0.05) is 32.2 Å². The molecule has 5 aromatic rings. The van der Waals surface area contributed by atoms with Gasteiger partial charge in [-0.25, -0.2) is 9.69 Å². The number of ether oxygens (including phenoxy) is 7. The Morgan fingerprint density at radius 3 is 2.03 bits per heavy atom. The van der Waals surface area contributed by atoms with Gasteiger partial charge in [0.05, 0.1) is 58.7 Å². The zero-order chi connectivity index (χ0) is 51.6. The van der Waals surface area contributed by atoms with E-state index in [1.807, 2.05) is 71.6 Å². The van der Waals surface area contributed by atoms with E-state index in [1.54, 1.807) is 42.3 Å². The van der Waals surface area contributed by atoms with Gasteiger partial charge in [-0.2, -0.15) is 0 Å².